The summed E-state index contributed by atoms with van der Waals surface area (Å²) in [5.41, 5.74) is 9.68. The van der Waals surface area contributed by atoms with Crippen molar-refractivity contribution in [3.8, 4) is 0 Å². The van der Waals surface area contributed by atoms with Crippen LogP contribution in [0.1, 0.15) is 17.2 Å². The lowest BCUT2D eigenvalue weighted by molar-refractivity contribution is 0.403. The van der Waals surface area contributed by atoms with Crippen molar-refractivity contribution in [3.63, 3.8) is 0 Å². The zero-order chi connectivity index (χ0) is 34.3. The first-order valence-corrected chi connectivity index (χ1v) is 17.7. The van der Waals surface area contributed by atoms with Crippen molar-refractivity contribution >= 4 is 77.5 Å². The van der Waals surface area contributed by atoms with E-state index in [0.29, 0.717) is 6.54 Å². The highest BCUT2D eigenvalue weighted by molar-refractivity contribution is 6.21. The Kier molecular flexibility index (Phi) is 6.19. The lowest BCUT2D eigenvalue weighted by Gasteiger charge is -2.38. The van der Waals surface area contributed by atoms with Gasteiger partial charge in [0, 0.05) is 28.6 Å². The van der Waals surface area contributed by atoms with Crippen LogP contribution >= 0.6 is 0 Å². The molecule has 10 aromatic rings. The molecule has 248 valence electrons. The molecular formula is C46H32N4O2. The third kappa shape index (κ3) is 4.09. The minimum absolute atomic E-state index is 0.171. The van der Waals surface area contributed by atoms with Gasteiger partial charge in [0.25, 0.3) is 0 Å². The van der Waals surface area contributed by atoms with E-state index in [0.717, 1.165) is 94.3 Å². The highest BCUT2D eigenvalue weighted by Gasteiger charge is 2.35. The molecule has 0 saturated heterocycles. The molecule has 0 saturated carbocycles. The van der Waals surface area contributed by atoms with Gasteiger partial charge in [-0.05, 0) is 35.4 Å². The van der Waals surface area contributed by atoms with Crippen molar-refractivity contribution in [2.75, 3.05) is 7.05 Å². The highest BCUT2D eigenvalue weighted by atomic mass is 16.3. The fraction of sp³-hybridized carbons (Fsp3) is 0.0652. The third-order valence-electron chi connectivity index (χ3n) is 10.7. The van der Waals surface area contributed by atoms with Gasteiger partial charge in [-0.25, -0.2) is 4.99 Å². The Labute approximate surface area is 298 Å². The van der Waals surface area contributed by atoms with E-state index < -0.39 is 0 Å². The number of fused-ring (bicyclic) bond motifs is 10. The SMILES string of the molecule is CN1C(n2c3ccccc3c3c4ccccc4oc32)=C(Cn2c3ccccc3c3c4ccccc4oc32)N=C(c2ccccc2)C1c1ccccc1. The third-order valence-corrected chi connectivity index (χ3v) is 10.7. The summed E-state index contributed by atoms with van der Waals surface area (Å²) in [6.45, 7) is 0.468. The first-order chi connectivity index (χ1) is 25.7. The number of para-hydroxylation sites is 4. The highest BCUT2D eigenvalue weighted by Crippen LogP contribution is 2.45. The van der Waals surface area contributed by atoms with E-state index in [2.05, 4.69) is 161 Å². The standard InChI is InChI=1S/C46H32N4O2/c1-48-43(30-18-6-3-7-19-30)42(29-16-4-2-5-17-29)47-35(28-49-36-24-12-8-20-31(36)40-33-22-10-14-26-38(33)51-45(40)49)44(48)50-37-25-13-9-21-32(37)41-34-23-11-15-27-39(34)52-46(41)50/h2-27,43H,28H2,1H3. The summed E-state index contributed by atoms with van der Waals surface area (Å²) < 4.78 is 18.1. The quantitative estimate of drug-likeness (QED) is 0.183. The minimum atomic E-state index is -0.171. The molecule has 6 heteroatoms. The molecule has 0 fully saturated rings. The van der Waals surface area contributed by atoms with Crippen molar-refractivity contribution in [3.05, 3.63) is 175 Å². The van der Waals surface area contributed by atoms with Gasteiger partial charge in [0.1, 0.15) is 22.7 Å². The maximum absolute atomic E-state index is 6.81. The fourth-order valence-corrected chi connectivity index (χ4v) is 8.48. The molecule has 1 aliphatic heterocycles. The van der Waals surface area contributed by atoms with Gasteiger partial charge in [0.05, 0.1) is 40.1 Å². The van der Waals surface area contributed by atoms with Gasteiger partial charge in [0.15, 0.2) is 0 Å². The second kappa shape index (κ2) is 11.1. The zero-order valence-corrected chi connectivity index (χ0v) is 28.4. The van der Waals surface area contributed by atoms with Crippen LogP contribution in [0.25, 0.3) is 71.8 Å². The molecule has 0 spiro atoms. The first kappa shape index (κ1) is 29.0. The normalized spacial score (nSPS) is 15.3. The van der Waals surface area contributed by atoms with Crippen LogP contribution in [0.15, 0.2) is 177 Å². The molecule has 0 amide bonds. The van der Waals surface area contributed by atoms with E-state index in [1.54, 1.807) is 0 Å². The maximum atomic E-state index is 6.81. The average Bonchev–Trinajstić information content (AvgIpc) is 3.93. The van der Waals surface area contributed by atoms with Crippen molar-refractivity contribution in [1.29, 1.82) is 0 Å². The Hall–Kier alpha value is -6.79. The van der Waals surface area contributed by atoms with Gasteiger partial charge >= 0.3 is 0 Å². The van der Waals surface area contributed by atoms with E-state index in [-0.39, 0.29) is 6.04 Å². The number of aromatic nitrogens is 2. The monoisotopic (exact) mass is 672 g/mol. The van der Waals surface area contributed by atoms with E-state index in [1.807, 2.05) is 18.2 Å². The summed E-state index contributed by atoms with van der Waals surface area (Å²) in [5, 5.41) is 6.74. The number of benzene rings is 6. The molecule has 0 aliphatic carbocycles. The molecular weight excluding hydrogens is 641 g/mol. The largest absolute Gasteiger partial charge is 0.439 e. The molecule has 6 nitrogen and oxygen atoms in total. The topological polar surface area (TPSA) is 51.7 Å². The summed E-state index contributed by atoms with van der Waals surface area (Å²) in [6.07, 6.45) is 0. The molecule has 5 heterocycles. The van der Waals surface area contributed by atoms with Gasteiger partial charge < -0.3 is 18.3 Å². The van der Waals surface area contributed by atoms with Crippen LogP contribution in [0, 0.1) is 0 Å². The molecule has 4 aromatic heterocycles. The van der Waals surface area contributed by atoms with Gasteiger partial charge in [0.2, 0.25) is 11.4 Å². The van der Waals surface area contributed by atoms with E-state index in [4.69, 9.17) is 13.8 Å². The number of nitrogens with zero attached hydrogens (tertiary/aromatic N) is 4. The number of furan rings is 2. The number of allylic oxidation sites excluding steroid dienone is 1. The number of rotatable bonds is 5. The molecule has 1 unspecified atom stereocenters. The van der Waals surface area contributed by atoms with Crippen LogP contribution in [0.4, 0.5) is 0 Å². The Morgan fingerprint density at radius 1 is 0.538 bits per heavy atom. The lowest BCUT2D eigenvalue weighted by Crippen LogP contribution is -2.36. The predicted molar refractivity (Wildman–Crippen MR) is 212 cm³/mol. The van der Waals surface area contributed by atoms with Gasteiger partial charge in [-0.15, -0.1) is 0 Å². The zero-order valence-electron chi connectivity index (χ0n) is 28.4. The Balaban J connectivity index is 1.27. The molecule has 52 heavy (non-hydrogen) atoms. The Bertz CT molecular complexity index is 3070. The van der Waals surface area contributed by atoms with Crippen LogP contribution < -0.4 is 0 Å². The van der Waals surface area contributed by atoms with Crippen LogP contribution in [0.3, 0.4) is 0 Å². The molecule has 6 aromatic carbocycles. The lowest BCUT2D eigenvalue weighted by atomic mass is 9.93. The van der Waals surface area contributed by atoms with Crippen LogP contribution in [-0.4, -0.2) is 26.8 Å². The smallest absolute Gasteiger partial charge is 0.214 e. The summed E-state index contributed by atoms with van der Waals surface area (Å²) in [7, 11) is 2.19. The van der Waals surface area contributed by atoms with Crippen LogP contribution in [-0.2, 0) is 6.54 Å². The van der Waals surface area contributed by atoms with Crippen LogP contribution in [0.5, 0.6) is 0 Å². The summed E-state index contributed by atoms with van der Waals surface area (Å²) in [4.78, 5) is 8.13. The van der Waals surface area contributed by atoms with Crippen molar-refractivity contribution in [2.24, 2.45) is 4.99 Å². The predicted octanol–water partition coefficient (Wildman–Crippen LogP) is 11.4. The molecule has 0 radical (unpaired) electrons. The van der Waals surface area contributed by atoms with Gasteiger partial charge in [-0.2, -0.15) is 0 Å². The van der Waals surface area contributed by atoms with Crippen molar-refractivity contribution < 1.29 is 8.83 Å². The summed E-state index contributed by atoms with van der Waals surface area (Å²) >= 11 is 0. The molecule has 1 atom stereocenters. The molecule has 0 N–H and O–H groups in total. The van der Waals surface area contributed by atoms with Gasteiger partial charge in [-0.1, -0.05) is 133 Å². The molecule has 0 bridgehead atoms. The second-order valence-corrected chi connectivity index (χ2v) is 13.6. The fourth-order valence-electron chi connectivity index (χ4n) is 8.48. The number of hydrogen-bond donors (Lipinski definition) is 0. The average molecular weight is 673 g/mol. The number of aliphatic imine (C=N–C) groups is 1. The summed E-state index contributed by atoms with van der Waals surface area (Å²) in [5.74, 6) is 0.959. The second-order valence-electron chi connectivity index (χ2n) is 13.6. The van der Waals surface area contributed by atoms with E-state index in [1.165, 1.54) is 0 Å². The van der Waals surface area contributed by atoms with E-state index >= 15 is 0 Å². The van der Waals surface area contributed by atoms with Crippen molar-refractivity contribution in [2.45, 2.75) is 12.6 Å². The molecule has 11 rings (SSSR count). The number of likely N-dealkylation sites (N-methyl/N-ethyl adjacent to an activating group) is 1. The van der Waals surface area contributed by atoms with Crippen molar-refractivity contribution in [1.82, 2.24) is 14.0 Å². The minimum Gasteiger partial charge on any atom is -0.439 e. The summed E-state index contributed by atoms with van der Waals surface area (Å²) in [6, 6.07) is 54.9. The van der Waals surface area contributed by atoms with Gasteiger partial charge in [-0.3, -0.25) is 4.57 Å². The van der Waals surface area contributed by atoms with E-state index in [9.17, 15) is 0 Å². The van der Waals surface area contributed by atoms with Crippen LogP contribution in [0.2, 0.25) is 0 Å². The Morgan fingerprint density at radius 2 is 1.06 bits per heavy atom. The number of hydrogen-bond acceptors (Lipinski definition) is 4. The molecule has 1 aliphatic rings. The first-order valence-electron chi connectivity index (χ1n) is 17.7. The maximum Gasteiger partial charge on any atom is 0.214 e. The Morgan fingerprint density at radius 3 is 1.75 bits per heavy atom.